The van der Waals surface area contributed by atoms with Crippen molar-refractivity contribution in [2.45, 2.75) is 32.4 Å². The van der Waals surface area contributed by atoms with Crippen molar-refractivity contribution >= 4 is 36.4 Å². The van der Waals surface area contributed by atoms with E-state index in [-0.39, 0.29) is 30.7 Å². The molecule has 2 aliphatic rings. The highest BCUT2D eigenvalue weighted by Gasteiger charge is 2.23. The van der Waals surface area contributed by atoms with Crippen LogP contribution in [0.1, 0.15) is 40.6 Å². The Kier molecular flexibility index (Phi) is 9.36. The number of halogens is 2. The summed E-state index contributed by atoms with van der Waals surface area (Å²) in [5.74, 6) is -0.172. The zero-order chi connectivity index (χ0) is 19.3. The number of amides is 1. The zero-order valence-corrected chi connectivity index (χ0v) is 18.8. The first-order valence-corrected chi connectivity index (χ1v) is 10.1. The number of nitrogens with zero attached hydrogens (tertiary/aromatic N) is 4. The second-order valence-corrected chi connectivity index (χ2v) is 7.36. The Morgan fingerprint density at radius 1 is 1.20 bits per heavy atom. The Morgan fingerprint density at radius 3 is 2.63 bits per heavy atom. The predicted octanol–water partition coefficient (Wildman–Crippen LogP) is 2.12. The number of morpholine rings is 1. The SMILES string of the molecule is Cc1c(C(=O)NCc2ccccc2N2CCOCC2)nnn1C1CCNCC1.Cl.Cl. The van der Waals surface area contributed by atoms with Crippen LogP contribution in [0.15, 0.2) is 24.3 Å². The monoisotopic (exact) mass is 456 g/mol. The second-order valence-electron chi connectivity index (χ2n) is 7.36. The summed E-state index contributed by atoms with van der Waals surface area (Å²) in [5, 5.41) is 14.8. The van der Waals surface area contributed by atoms with E-state index < -0.39 is 0 Å². The predicted molar refractivity (Wildman–Crippen MR) is 121 cm³/mol. The number of rotatable bonds is 5. The molecule has 2 saturated heterocycles. The Hall–Kier alpha value is -1.87. The number of carbonyl (C=O) groups excluding carboxylic acids is 1. The molecule has 0 unspecified atom stereocenters. The molecule has 1 aromatic carbocycles. The van der Waals surface area contributed by atoms with Crippen molar-refractivity contribution in [3.05, 3.63) is 41.2 Å². The van der Waals surface area contributed by atoms with Gasteiger partial charge in [-0.05, 0) is 44.5 Å². The molecule has 0 saturated carbocycles. The minimum Gasteiger partial charge on any atom is -0.378 e. The Balaban J connectivity index is 0.00000160. The van der Waals surface area contributed by atoms with Crippen molar-refractivity contribution in [2.24, 2.45) is 0 Å². The maximum absolute atomic E-state index is 12.7. The van der Waals surface area contributed by atoms with Crippen molar-refractivity contribution in [1.29, 1.82) is 0 Å². The fraction of sp³-hybridized carbons (Fsp3) is 0.550. The van der Waals surface area contributed by atoms with Gasteiger partial charge in [0.1, 0.15) is 0 Å². The summed E-state index contributed by atoms with van der Waals surface area (Å²) < 4.78 is 7.36. The van der Waals surface area contributed by atoms with Gasteiger partial charge >= 0.3 is 0 Å². The lowest BCUT2D eigenvalue weighted by atomic mass is 10.1. The first-order chi connectivity index (χ1) is 13.7. The lowest BCUT2D eigenvalue weighted by Crippen LogP contribution is -2.37. The minimum atomic E-state index is -0.172. The third-order valence-electron chi connectivity index (χ3n) is 5.58. The number of ether oxygens (including phenoxy) is 1. The highest BCUT2D eigenvalue weighted by Crippen LogP contribution is 2.22. The molecule has 1 aromatic heterocycles. The van der Waals surface area contributed by atoms with Crippen molar-refractivity contribution in [3.8, 4) is 0 Å². The number of aromatic nitrogens is 3. The number of para-hydroxylation sites is 1. The van der Waals surface area contributed by atoms with Crippen LogP contribution in [-0.2, 0) is 11.3 Å². The van der Waals surface area contributed by atoms with Crippen LogP contribution in [0, 0.1) is 6.92 Å². The molecule has 10 heteroatoms. The first kappa shape index (κ1) is 24.4. The van der Waals surface area contributed by atoms with Gasteiger partial charge in [-0.25, -0.2) is 4.68 Å². The fourth-order valence-corrected chi connectivity index (χ4v) is 3.98. The van der Waals surface area contributed by atoms with E-state index in [4.69, 9.17) is 4.74 Å². The van der Waals surface area contributed by atoms with Crippen LogP contribution in [-0.4, -0.2) is 60.3 Å². The maximum atomic E-state index is 12.7. The number of hydrogen-bond acceptors (Lipinski definition) is 6. The summed E-state index contributed by atoms with van der Waals surface area (Å²) >= 11 is 0. The summed E-state index contributed by atoms with van der Waals surface area (Å²) in [4.78, 5) is 15.1. The summed E-state index contributed by atoms with van der Waals surface area (Å²) in [6.45, 7) is 7.56. The van der Waals surface area contributed by atoms with Gasteiger partial charge < -0.3 is 20.3 Å². The molecule has 4 rings (SSSR count). The van der Waals surface area contributed by atoms with E-state index in [0.717, 1.165) is 69.2 Å². The van der Waals surface area contributed by atoms with Crippen LogP contribution in [0.4, 0.5) is 5.69 Å². The number of anilines is 1. The Bertz CT molecular complexity index is 819. The smallest absolute Gasteiger partial charge is 0.274 e. The van der Waals surface area contributed by atoms with Gasteiger partial charge in [0.25, 0.3) is 5.91 Å². The molecule has 3 heterocycles. The van der Waals surface area contributed by atoms with Crippen molar-refractivity contribution < 1.29 is 9.53 Å². The standard InChI is InChI=1S/C20H28N6O2.2ClH/c1-15-19(23-24-26(15)17-6-8-21-9-7-17)20(27)22-14-16-4-2-3-5-18(16)25-10-12-28-13-11-25;;/h2-5,17,21H,6-14H2,1H3,(H,22,27);2*1H. The number of hydrogen-bond donors (Lipinski definition) is 2. The summed E-state index contributed by atoms with van der Waals surface area (Å²) in [6.07, 6.45) is 2.02. The molecule has 2 N–H and O–H groups in total. The number of nitrogens with one attached hydrogen (secondary N) is 2. The molecule has 2 fully saturated rings. The molecular weight excluding hydrogens is 427 g/mol. The maximum Gasteiger partial charge on any atom is 0.274 e. The normalized spacial score (nSPS) is 17.0. The van der Waals surface area contributed by atoms with Gasteiger partial charge in [-0.15, -0.1) is 29.9 Å². The molecule has 0 spiro atoms. The quantitative estimate of drug-likeness (QED) is 0.716. The molecule has 1 amide bonds. The third kappa shape index (κ3) is 5.43. The van der Waals surface area contributed by atoms with E-state index in [1.54, 1.807) is 0 Å². The summed E-state index contributed by atoms with van der Waals surface area (Å²) in [6, 6.07) is 8.52. The highest BCUT2D eigenvalue weighted by molar-refractivity contribution is 5.93. The third-order valence-corrected chi connectivity index (χ3v) is 5.58. The highest BCUT2D eigenvalue weighted by atomic mass is 35.5. The van der Waals surface area contributed by atoms with Crippen LogP contribution in [0.25, 0.3) is 0 Å². The molecular formula is C20H30Cl2N6O2. The molecule has 0 aliphatic carbocycles. The van der Waals surface area contributed by atoms with E-state index in [2.05, 4.69) is 38.0 Å². The average molecular weight is 457 g/mol. The Morgan fingerprint density at radius 2 is 1.90 bits per heavy atom. The topological polar surface area (TPSA) is 84.3 Å². The number of benzene rings is 1. The number of carbonyl (C=O) groups is 1. The van der Waals surface area contributed by atoms with E-state index in [1.807, 2.05) is 23.7 Å². The molecule has 0 radical (unpaired) electrons. The molecule has 0 atom stereocenters. The van der Waals surface area contributed by atoms with Crippen molar-refractivity contribution in [2.75, 3.05) is 44.3 Å². The molecule has 0 bridgehead atoms. The van der Waals surface area contributed by atoms with Crippen molar-refractivity contribution in [3.63, 3.8) is 0 Å². The van der Waals surface area contributed by atoms with Crippen LogP contribution in [0.5, 0.6) is 0 Å². The summed E-state index contributed by atoms with van der Waals surface area (Å²) in [5.41, 5.74) is 3.51. The minimum absolute atomic E-state index is 0. The van der Waals surface area contributed by atoms with E-state index in [9.17, 15) is 4.79 Å². The van der Waals surface area contributed by atoms with Gasteiger partial charge in [0.15, 0.2) is 5.69 Å². The van der Waals surface area contributed by atoms with Crippen molar-refractivity contribution in [1.82, 2.24) is 25.6 Å². The lowest BCUT2D eigenvalue weighted by molar-refractivity contribution is 0.0945. The molecule has 2 aliphatic heterocycles. The van der Waals surface area contributed by atoms with Gasteiger partial charge in [0.2, 0.25) is 0 Å². The van der Waals surface area contributed by atoms with Gasteiger partial charge in [0, 0.05) is 25.3 Å². The van der Waals surface area contributed by atoms with Crippen LogP contribution < -0.4 is 15.5 Å². The number of piperidine rings is 1. The Labute approximate surface area is 189 Å². The van der Waals surface area contributed by atoms with E-state index in [0.29, 0.717) is 18.3 Å². The largest absolute Gasteiger partial charge is 0.378 e. The first-order valence-electron chi connectivity index (χ1n) is 10.1. The van der Waals surface area contributed by atoms with E-state index >= 15 is 0 Å². The molecule has 166 valence electrons. The van der Waals surface area contributed by atoms with Gasteiger partial charge in [-0.3, -0.25) is 4.79 Å². The van der Waals surface area contributed by atoms with Gasteiger partial charge in [-0.2, -0.15) is 0 Å². The van der Waals surface area contributed by atoms with Gasteiger partial charge in [0.05, 0.1) is 24.9 Å². The summed E-state index contributed by atoms with van der Waals surface area (Å²) in [7, 11) is 0. The molecule has 2 aromatic rings. The fourth-order valence-electron chi connectivity index (χ4n) is 3.98. The van der Waals surface area contributed by atoms with Crippen LogP contribution in [0.3, 0.4) is 0 Å². The second kappa shape index (κ2) is 11.5. The molecule has 30 heavy (non-hydrogen) atoms. The molecule has 8 nitrogen and oxygen atoms in total. The van der Waals surface area contributed by atoms with E-state index in [1.165, 1.54) is 0 Å². The average Bonchev–Trinajstić information content (AvgIpc) is 3.15. The van der Waals surface area contributed by atoms with Crippen LogP contribution >= 0.6 is 24.8 Å². The lowest BCUT2D eigenvalue weighted by Gasteiger charge is -2.30. The van der Waals surface area contributed by atoms with Crippen LogP contribution in [0.2, 0.25) is 0 Å². The van der Waals surface area contributed by atoms with Gasteiger partial charge in [-0.1, -0.05) is 23.4 Å². The zero-order valence-electron chi connectivity index (χ0n) is 17.2.